The molecule has 0 radical (unpaired) electrons. The molecule has 54 valence electrons. The van der Waals surface area contributed by atoms with Gasteiger partial charge in [-0.3, -0.25) is 0 Å². The van der Waals surface area contributed by atoms with E-state index >= 15 is 0 Å². The molecular formula is C7H10N2O. The lowest BCUT2D eigenvalue weighted by Gasteiger charge is -1.96. The maximum atomic E-state index is 9.15. The van der Waals surface area contributed by atoms with Crippen LogP contribution in [0.4, 0.5) is 0 Å². The predicted molar refractivity (Wildman–Crippen MR) is 38.4 cm³/mol. The number of aliphatic hydroxyl groups is 1. The summed E-state index contributed by atoms with van der Waals surface area (Å²) >= 11 is 0. The van der Waals surface area contributed by atoms with Crippen molar-refractivity contribution in [1.29, 1.82) is 0 Å². The van der Waals surface area contributed by atoms with Gasteiger partial charge in [0.15, 0.2) is 0 Å². The summed E-state index contributed by atoms with van der Waals surface area (Å²) in [5.74, 6) is 0. The Labute approximate surface area is 59.6 Å². The van der Waals surface area contributed by atoms with E-state index in [0.717, 1.165) is 0 Å². The van der Waals surface area contributed by atoms with Crippen molar-refractivity contribution in [2.75, 3.05) is 0 Å². The van der Waals surface area contributed by atoms with Gasteiger partial charge < -0.3 is 9.67 Å². The lowest BCUT2D eigenvalue weighted by Crippen LogP contribution is -1.91. The van der Waals surface area contributed by atoms with Gasteiger partial charge in [-0.2, -0.15) is 0 Å². The van der Waals surface area contributed by atoms with E-state index in [1.165, 1.54) is 6.08 Å². The molecule has 1 rings (SSSR count). The molecule has 1 heterocycles. The molecule has 0 amide bonds. The lowest BCUT2D eigenvalue weighted by molar-refractivity contribution is 0.224. The van der Waals surface area contributed by atoms with E-state index in [-0.39, 0.29) is 0 Å². The number of imidazole rings is 1. The summed E-state index contributed by atoms with van der Waals surface area (Å²) in [6.45, 7) is 3.45. The molecule has 0 spiro atoms. The van der Waals surface area contributed by atoms with Gasteiger partial charge in [0.2, 0.25) is 0 Å². The zero-order valence-electron chi connectivity index (χ0n) is 5.86. The smallest absolute Gasteiger partial charge is 0.115 e. The molecular weight excluding hydrogens is 128 g/mol. The molecule has 1 atom stereocenters. The second-order valence-corrected chi connectivity index (χ2v) is 2.14. The predicted octanol–water partition coefficient (Wildman–Crippen LogP) is 0.639. The molecule has 0 saturated carbocycles. The second-order valence-electron chi connectivity index (χ2n) is 2.14. The summed E-state index contributed by atoms with van der Waals surface area (Å²) in [5.41, 5.74) is 0.637. The number of hydrogen-bond donors (Lipinski definition) is 1. The maximum absolute atomic E-state index is 9.15. The van der Waals surface area contributed by atoms with E-state index in [1.807, 2.05) is 7.05 Å². The second kappa shape index (κ2) is 2.66. The van der Waals surface area contributed by atoms with Gasteiger partial charge in [0.25, 0.3) is 0 Å². The van der Waals surface area contributed by atoms with Crippen LogP contribution in [0.3, 0.4) is 0 Å². The molecule has 10 heavy (non-hydrogen) atoms. The van der Waals surface area contributed by atoms with E-state index < -0.39 is 6.10 Å². The first kappa shape index (κ1) is 7.02. The fraction of sp³-hybridized carbons (Fsp3) is 0.286. The van der Waals surface area contributed by atoms with E-state index in [4.69, 9.17) is 5.11 Å². The lowest BCUT2D eigenvalue weighted by atomic mass is 10.3. The summed E-state index contributed by atoms with van der Waals surface area (Å²) in [6, 6.07) is 0. The van der Waals surface area contributed by atoms with Crippen molar-refractivity contribution in [3.8, 4) is 0 Å². The fourth-order valence-electron chi connectivity index (χ4n) is 0.707. The molecule has 3 nitrogen and oxygen atoms in total. The normalized spacial score (nSPS) is 13.0. The fourth-order valence-corrected chi connectivity index (χ4v) is 0.707. The molecule has 0 saturated heterocycles. The van der Waals surface area contributed by atoms with Gasteiger partial charge in [0.1, 0.15) is 6.10 Å². The Morgan fingerprint density at radius 1 is 1.90 bits per heavy atom. The number of aromatic nitrogens is 2. The monoisotopic (exact) mass is 138 g/mol. The molecule has 1 aromatic heterocycles. The highest BCUT2D eigenvalue weighted by Crippen LogP contribution is 2.08. The van der Waals surface area contributed by atoms with Crippen molar-refractivity contribution >= 4 is 0 Å². The third-order valence-corrected chi connectivity index (χ3v) is 1.25. The highest BCUT2D eigenvalue weighted by atomic mass is 16.3. The molecule has 0 aliphatic carbocycles. The zero-order valence-corrected chi connectivity index (χ0v) is 5.86. The summed E-state index contributed by atoms with van der Waals surface area (Å²) in [7, 11) is 1.85. The van der Waals surface area contributed by atoms with E-state index in [2.05, 4.69) is 11.6 Å². The largest absolute Gasteiger partial charge is 0.383 e. The minimum absolute atomic E-state index is 0.637. The molecule has 0 aliphatic heterocycles. The highest BCUT2D eigenvalue weighted by Gasteiger charge is 2.03. The first-order valence-electron chi connectivity index (χ1n) is 3.02. The van der Waals surface area contributed by atoms with Crippen LogP contribution in [0, 0.1) is 0 Å². The number of rotatable bonds is 2. The van der Waals surface area contributed by atoms with Gasteiger partial charge in [-0.1, -0.05) is 6.08 Å². The number of aliphatic hydroxyl groups excluding tert-OH is 1. The van der Waals surface area contributed by atoms with Gasteiger partial charge >= 0.3 is 0 Å². The first-order valence-corrected chi connectivity index (χ1v) is 3.02. The summed E-state index contributed by atoms with van der Waals surface area (Å²) in [6.07, 6.45) is 4.21. The highest BCUT2D eigenvalue weighted by molar-refractivity contribution is 5.06. The van der Waals surface area contributed by atoms with Crippen molar-refractivity contribution in [3.05, 3.63) is 30.9 Å². The molecule has 0 aliphatic rings. The molecule has 0 bridgehead atoms. The molecule has 1 N–H and O–H groups in total. The van der Waals surface area contributed by atoms with Crippen molar-refractivity contribution in [2.45, 2.75) is 6.10 Å². The number of aryl methyl sites for hydroxylation is 1. The van der Waals surface area contributed by atoms with Crippen LogP contribution in [0.1, 0.15) is 11.8 Å². The standard InChI is InChI=1S/C7H10N2O/c1-3-7(10)6-4-9(2)5-8-6/h3-5,7,10H,1H2,2H3. The van der Waals surface area contributed by atoms with Crippen molar-refractivity contribution in [3.63, 3.8) is 0 Å². The first-order chi connectivity index (χ1) is 4.74. The van der Waals surface area contributed by atoms with Crippen LogP contribution >= 0.6 is 0 Å². The van der Waals surface area contributed by atoms with Crippen LogP contribution in [0.5, 0.6) is 0 Å². The van der Waals surface area contributed by atoms with Crippen molar-refractivity contribution in [2.24, 2.45) is 7.05 Å². The van der Waals surface area contributed by atoms with E-state index in [0.29, 0.717) is 5.69 Å². The van der Waals surface area contributed by atoms with Crippen molar-refractivity contribution < 1.29 is 5.11 Å². The van der Waals surface area contributed by atoms with Gasteiger partial charge in [-0.25, -0.2) is 4.98 Å². The average Bonchev–Trinajstić information content (AvgIpc) is 2.34. The average molecular weight is 138 g/mol. The quantitative estimate of drug-likeness (QED) is 0.609. The van der Waals surface area contributed by atoms with Crippen LogP contribution in [0.2, 0.25) is 0 Å². The minimum Gasteiger partial charge on any atom is -0.383 e. The van der Waals surface area contributed by atoms with Crippen LogP contribution in [-0.4, -0.2) is 14.7 Å². The Morgan fingerprint density at radius 3 is 3.00 bits per heavy atom. The third kappa shape index (κ3) is 1.25. The number of hydrogen-bond acceptors (Lipinski definition) is 2. The Morgan fingerprint density at radius 2 is 2.60 bits per heavy atom. The Bertz CT molecular complexity index is 229. The van der Waals surface area contributed by atoms with Crippen LogP contribution in [-0.2, 0) is 7.05 Å². The summed E-state index contributed by atoms with van der Waals surface area (Å²) < 4.78 is 1.78. The molecule has 1 aromatic rings. The Kier molecular flexibility index (Phi) is 1.87. The van der Waals surface area contributed by atoms with Crippen molar-refractivity contribution in [1.82, 2.24) is 9.55 Å². The van der Waals surface area contributed by atoms with Gasteiger partial charge in [-0.05, 0) is 0 Å². The summed E-state index contributed by atoms with van der Waals surface area (Å²) in [5, 5.41) is 9.15. The molecule has 0 aromatic carbocycles. The molecule has 1 unspecified atom stereocenters. The van der Waals surface area contributed by atoms with Gasteiger partial charge in [-0.15, -0.1) is 6.58 Å². The SMILES string of the molecule is C=CC(O)c1cn(C)cn1. The van der Waals surface area contributed by atoms with E-state index in [9.17, 15) is 0 Å². The van der Waals surface area contributed by atoms with Gasteiger partial charge in [0.05, 0.1) is 12.0 Å². The topological polar surface area (TPSA) is 38.0 Å². The minimum atomic E-state index is -0.638. The maximum Gasteiger partial charge on any atom is 0.115 e. The molecule has 3 heteroatoms. The van der Waals surface area contributed by atoms with Crippen LogP contribution in [0.15, 0.2) is 25.2 Å². The molecule has 0 fully saturated rings. The number of nitrogens with zero attached hydrogens (tertiary/aromatic N) is 2. The van der Waals surface area contributed by atoms with Gasteiger partial charge in [0, 0.05) is 13.2 Å². The Hall–Kier alpha value is -1.09. The summed E-state index contributed by atoms with van der Waals surface area (Å²) in [4.78, 5) is 3.93. The van der Waals surface area contributed by atoms with Crippen LogP contribution in [0.25, 0.3) is 0 Å². The van der Waals surface area contributed by atoms with E-state index in [1.54, 1.807) is 17.1 Å². The zero-order chi connectivity index (χ0) is 7.56. The Balaban J connectivity index is 2.84. The van der Waals surface area contributed by atoms with Crippen LogP contribution < -0.4 is 0 Å². The third-order valence-electron chi connectivity index (χ3n) is 1.25.